The Morgan fingerprint density at radius 1 is 1.39 bits per heavy atom. The van der Waals surface area contributed by atoms with Crippen LogP contribution in [0.4, 0.5) is 0 Å². The van der Waals surface area contributed by atoms with Gasteiger partial charge in [-0.05, 0) is 31.4 Å². The van der Waals surface area contributed by atoms with Crippen LogP contribution in [0.15, 0.2) is 54.1 Å². The van der Waals surface area contributed by atoms with Crippen molar-refractivity contribution in [3.05, 3.63) is 65.4 Å². The van der Waals surface area contributed by atoms with Crippen LogP contribution in [0.1, 0.15) is 35.3 Å². The van der Waals surface area contributed by atoms with Crippen LogP contribution in [-0.2, 0) is 11.3 Å². The molecule has 1 aliphatic rings. The zero-order valence-corrected chi connectivity index (χ0v) is 18.4. The number of aliphatic hydroxyl groups is 1. The van der Waals surface area contributed by atoms with Gasteiger partial charge in [0.2, 0.25) is 0 Å². The van der Waals surface area contributed by atoms with E-state index < -0.39 is 5.91 Å². The van der Waals surface area contributed by atoms with Crippen LogP contribution in [0.5, 0.6) is 0 Å². The van der Waals surface area contributed by atoms with Crippen LogP contribution in [0.25, 0.3) is 5.82 Å². The molecule has 11 heteroatoms. The van der Waals surface area contributed by atoms with E-state index >= 15 is 0 Å². The van der Waals surface area contributed by atoms with E-state index in [4.69, 9.17) is 16.2 Å². The molecule has 0 fully saturated rings. The number of carbonyl (C=O) groups is 2. The van der Waals surface area contributed by atoms with Crippen LogP contribution in [-0.4, -0.2) is 62.6 Å². The molecule has 2 aromatic rings. The van der Waals surface area contributed by atoms with Crippen molar-refractivity contribution in [2.75, 3.05) is 20.2 Å². The number of nitrogens with two attached hydrogens (primary N) is 1. The third-order valence-electron chi connectivity index (χ3n) is 5.00. The molecule has 0 atom stereocenters. The van der Waals surface area contributed by atoms with Gasteiger partial charge in [0.1, 0.15) is 5.69 Å². The molecule has 1 aliphatic heterocycles. The van der Waals surface area contributed by atoms with Gasteiger partial charge in [0, 0.05) is 50.3 Å². The summed E-state index contributed by atoms with van der Waals surface area (Å²) in [6.07, 6.45) is 8.14. The normalized spacial score (nSPS) is 14.2. The van der Waals surface area contributed by atoms with E-state index in [1.54, 1.807) is 37.6 Å². The highest BCUT2D eigenvalue weighted by atomic mass is 16.3. The number of hydrogen-bond donors (Lipinski definition) is 5. The Bertz CT molecular complexity index is 1090. The first-order valence-corrected chi connectivity index (χ1v) is 10.6. The number of nitrogens with one attached hydrogen (secondary N) is 3. The molecular formula is C22H28N8O3. The maximum absolute atomic E-state index is 12.9. The van der Waals surface area contributed by atoms with Gasteiger partial charge in [0.25, 0.3) is 11.8 Å². The van der Waals surface area contributed by atoms with Gasteiger partial charge < -0.3 is 21.5 Å². The number of hydrogen-bond acceptors (Lipinski definition) is 8. The van der Waals surface area contributed by atoms with E-state index in [9.17, 15) is 9.59 Å². The Balaban J connectivity index is 1.76. The molecule has 2 amide bonds. The summed E-state index contributed by atoms with van der Waals surface area (Å²) in [6.45, 7) is 0.654. The Morgan fingerprint density at radius 2 is 2.21 bits per heavy atom. The lowest BCUT2D eigenvalue weighted by atomic mass is 10.0. The van der Waals surface area contributed by atoms with Crippen LogP contribution >= 0.6 is 0 Å². The number of aliphatic hydroxyl groups excluding tert-OH is 1. The van der Waals surface area contributed by atoms with E-state index in [1.165, 1.54) is 15.8 Å². The smallest absolute Gasteiger partial charge is 0.274 e. The Morgan fingerprint density at radius 3 is 2.91 bits per heavy atom. The molecule has 0 aliphatic carbocycles. The van der Waals surface area contributed by atoms with Crippen molar-refractivity contribution in [2.24, 2.45) is 5.73 Å². The minimum absolute atomic E-state index is 0.0127. The highest BCUT2D eigenvalue weighted by molar-refractivity contribution is 6.13. The lowest BCUT2D eigenvalue weighted by Crippen LogP contribution is -2.44. The summed E-state index contributed by atoms with van der Waals surface area (Å²) in [5, 5.41) is 27.3. The van der Waals surface area contributed by atoms with Crippen LogP contribution in [0, 0.1) is 5.41 Å². The quantitative estimate of drug-likeness (QED) is 0.272. The van der Waals surface area contributed by atoms with Crippen LogP contribution < -0.4 is 16.4 Å². The van der Waals surface area contributed by atoms with Gasteiger partial charge >= 0.3 is 0 Å². The Hall–Kier alpha value is -3.83. The van der Waals surface area contributed by atoms with Crippen molar-refractivity contribution in [3.63, 3.8) is 0 Å². The van der Waals surface area contributed by atoms with Gasteiger partial charge in [-0.1, -0.05) is 12.1 Å². The molecule has 11 nitrogen and oxygen atoms in total. The second-order valence-electron chi connectivity index (χ2n) is 7.33. The molecule has 3 heterocycles. The van der Waals surface area contributed by atoms with Crippen molar-refractivity contribution in [1.82, 2.24) is 30.3 Å². The first kappa shape index (κ1) is 23.8. The predicted octanol–water partition coefficient (Wildman–Crippen LogP) is 0.425. The van der Waals surface area contributed by atoms with E-state index in [0.29, 0.717) is 43.7 Å². The molecule has 0 unspecified atom stereocenters. The minimum atomic E-state index is -0.533. The highest BCUT2D eigenvalue weighted by Crippen LogP contribution is 2.18. The number of amidine groups is 1. The molecule has 33 heavy (non-hydrogen) atoms. The summed E-state index contributed by atoms with van der Waals surface area (Å²) >= 11 is 0. The zero-order chi connectivity index (χ0) is 23.8. The molecule has 0 saturated heterocycles. The summed E-state index contributed by atoms with van der Waals surface area (Å²) < 4.78 is 1.53. The maximum Gasteiger partial charge on any atom is 0.274 e. The average molecular weight is 453 g/mol. The lowest BCUT2D eigenvalue weighted by Gasteiger charge is -2.28. The minimum Gasteiger partial charge on any atom is -0.396 e. The first-order chi connectivity index (χ1) is 16.0. The fraction of sp³-hybridized carbons (Fsp3) is 0.318. The SMILES string of the molecule is CN/C=C(/NC(=O)c1cccc(-n2cc(CN)cn2)n1)C(=N)N1CCC=C(CCCO)C1=O. The first-order valence-electron chi connectivity index (χ1n) is 10.6. The molecule has 0 radical (unpaired) electrons. The number of nitrogens with zero attached hydrogens (tertiary/aromatic N) is 4. The molecule has 0 spiro atoms. The van der Waals surface area contributed by atoms with Gasteiger partial charge in [-0.25, -0.2) is 9.67 Å². The number of aromatic nitrogens is 3. The van der Waals surface area contributed by atoms with Crippen LogP contribution in [0.3, 0.4) is 0 Å². The summed E-state index contributed by atoms with van der Waals surface area (Å²) in [7, 11) is 1.63. The molecule has 6 N–H and O–H groups in total. The van der Waals surface area contributed by atoms with Crippen molar-refractivity contribution < 1.29 is 14.7 Å². The summed E-state index contributed by atoms with van der Waals surface area (Å²) in [5.74, 6) is -0.519. The summed E-state index contributed by atoms with van der Waals surface area (Å²) in [4.78, 5) is 31.4. The Kier molecular flexibility index (Phi) is 8.06. The van der Waals surface area contributed by atoms with E-state index in [-0.39, 0.29) is 29.7 Å². The molecule has 2 aromatic heterocycles. The van der Waals surface area contributed by atoms with Crippen molar-refractivity contribution >= 4 is 17.6 Å². The second kappa shape index (κ2) is 11.2. The number of rotatable bonds is 9. The van der Waals surface area contributed by atoms with E-state index in [0.717, 1.165) is 5.56 Å². The van der Waals surface area contributed by atoms with Crippen molar-refractivity contribution in [1.29, 1.82) is 5.41 Å². The molecule has 0 aromatic carbocycles. The number of carbonyl (C=O) groups excluding carboxylic acids is 2. The number of pyridine rings is 1. The third kappa shape index (κ3) is 5.70. The third-order valence-corrected chi connectivity index (χ3v) is 5.00. The van der Waals surface area contributed by atoms with Crippen molar-refractivity contribution in [3.8, 4) is 5.82 Å². The standard InChI is InChI=1S/C22H28N8O3/c1-25-13-18(20(24)29-9-3-5-16(22(29)33)6-4-10-31)28-21(32)17-7-2-8-19(27-17)30-14-15(11-23)12-26-30/h2,5,7-8,12-14,24-25,31H,3-4,6,9-11,23H2,1H3,(H,28,32)/b18-13+,24-20?. The fourth-order valence-corrected chi connectivity index (χ4v) is 3.33. The van der Waals surface area contributed by atoms with Crippen LogP contribution in [0.2, 0.25) is 0 Å². The summed E-state index contributed by atoms with van der Waals surface area (Å²) in [5.41, 5.74) is 7.27. The monoisotopic (exact) mass is 452 g/mol. The molecule has 3 rings (SSSR count). The molecular weight excluding hydrogens is 424 g/mol. The van der Waals surface area contributed by atoms with Gasteiger partial charge in [-0.15, -0.1) is 0 Å². The largest absolute Gasteiger partial charge is 0.396 e. The topological polar surface area (TPSA) is 162 Å². The lowest BCUT2D eigenvalue weighted by molar-refractivity contribution is -0.124. The van der Waals surface area contributed by atoms with E-state index in [1.807, 2.05) is 6.08 Å². The molecule has 174 valence electrons. The van der Waals surface area contributed by atoms with Crippen molar-refractivity contribution in [2.45, 2.75) is 25.8 Å². The Labute approximate surface area is 191 Å². The van der Waals surface area contributed by atoms with Gasteiger partial charge in [-0.2, -0.15) is 5.10 Å². The summed E-state index contributed by atoms with van der Waals surface area (Å²) in [6, 6.07) is 4.94. The molecule has 0 saturated carbocycles. The fourth-order valence-electron chi connectivity index (χ4n) is 3.33. The maximum atomic E-state index is 12.9. The molecule has 0 bridgehead atoms. The highest BCUT2D eigenvalue weighted by Gasteiger charge is 2.27. The van der Waals surface area contributed by atoms with Gasteiger partial charge in [-0.3, -0.25) is 19.9 Å². The van der Waals surface area contributed by atoms with E-state index in [2.05, 4.69) is 20.7 Å². The number of amides is 2. The second-order valence-corrected chi connectivity index (χ2v) is 7.33. The van der Waals surface area contributed by atoms with Gasteiger partial charge in [0.15, 0.2) is 11.7 Å². The zero-order valence-electron chi connectivity index (χ0n) is 18.4. The average Bonchev–Trinajstić information content (AvgIpc) is 3.32. The van der Waals surface area contributed by atoms with Gasteiger partial charge in [0.05, 0.1) is 11.9 Å². The predicted molar refractivity (Wildman–Crippen MR) is 122 cm³/mol.